The molecule has 0 bridgehead atoms. The highest BCUT2D eigenvalue weighted by Gasteiger charge is 2.20. The number of thiazole rings is 1. The molecule has 1 heterocycles. The summed E-state index contributed by atoms with van der Waals surface area (Å²) in [5, 5.41) is 1.02. The SMILES string of the molecule is CN(/C=C/c1sc2ccc(-c3ccccc3)cc2[n+]1CCCS(=O)(=O)O)c1ccccc1. The Morgan fingerprint density at radius 2 is 1.66 bits per heavy atom. The summed E-state index contributed by atoms with van der Waals surface area (Å²) in [5.41, 5.74) is 4.37. The second-order valence-electron chi connectivity index (χ2n) is 7.54. The smallest absolute Gasteiger partial charge is 0.265 e. The van der Waals surface area contributed by atoms with Gasteiger partial charge in [0.1, 0.15) is 4.70 Å². The van der Waals surface area contributed by atoms with Gasteiger partial charge < -0.3 is 4.90 Å². The lowest BCUT2D eigenvalue weighted by molar-refractivity contribution is -0.668. The van der Waals surface area contributed by atoms with Crippen LogP contribution in [0.1, 0.15) is 11.4 Å². The Labute approximate surface area is 192 Å². The van der Waals surface area contributed by atoms with Crippen LogP contribution in [0, 0.1) is 0 Å². The summed E-state index contributed by atoms with van der Waals surface area (Å²) in [6, 6.07) is 26.6. The number of anilines is 1. The molecule has 0 saturated heterocycles. The van der Waals surface area contributed by atoms with E-state index < -0.39 is 10.1 Å². The highest BCUT2D eigenvalue weighted by atomic mass is 32.2. The second kappa shape index (κ2) is 9.65. The molecule has 0 atom stereocenters. The minimum atomic E-state index is -3.99. The first-order valence-corrected chi connectivity index (χ1v) is 12.8. The van der Waals surface area contributed by atoms with Gasteiger partial charge in [-0.2, -0.15) is 13.0 Å². The van der Waals surface area contributed by atoms with E-state index in [1.807, 2.05) is 72.8 Å². The summed E-state index contributed by atoms with van der Waals surface area (Å²) in [6.07, 6.45) is 4.39. The van der Waals surface area contributed by atoms with Crippen LogP contribution in [0.15, 0.2) is 85.1 Å². The largest absolute Gasteiger partial charge is 0.351 e. The molecular weight excluding hydrogens is 440 g/mol. The number of aromatic nitrogens is 1. The summed E-state index contributed by atoms with van der Waals surface area (Å²) in [7, 11) is -2.00. The van der Waals surface area contributed by atoms with E-state index in [0.29, 0.717) is 13.0 Å². The van der Waals surface area contributed by atoms with Crippen LogP contribution in [-0.2, 0) is 16.7 Å². The van der Waals surface area contributed by atoms with E-state index >= 15 is 0 Å². The van der Waals surface area contributed by atoms with Crippen LogP contribution < -0.4 is 9.47 Å². The molecule has 32 heavy (non-hydrogen) atoms. The van der Waals surface area contributed by atoms with Crippen LogP contribution in [0.5, 0.6) is 0 Å². The van der Waals surface area contributed by atoms with Crippen LogP contribution in [-0.4, -0.2) is 25.8 Å². The van der Waals surface area contributed by atoms with E-state index in [1.54, 1.807) is 11.3 Å². The van der Waals surface area contributed by atoms with E-state index in [-0.39, 0.29) is 5.75 Å². The molecule has 4 aromatic rings. The topological polar surface area (TPSA) is 61.5 Å². The molecule has 7 heteroatoms. The van der Waals surface area contributed by atoms with E-state index in [0.717, 1.165) is 32.0 Å². The molecule has 1 aromatic heterocycles. The lowest BCUT2D eigenvalue weighted by atomic mass is 10.1. The molecular formula is C25H25N2O3S2+. The Balaban J connectivity index is 1.71. The highest BCUT2D eigenvalue weighted by Crippen LogP contribution is 2.28. The lowest BCUT2D eigenvalue weighted by Gasteiger charge is -2.12. The Morgan fingerprint density at radius 1 is 0.969 bits per heavy atom. The zero-order chi connectivity index (χ0) is 22.6. The summed E-state index contributed by atoms with van der Waals surface area (Å²) < 4.78 is 34.9. The summed E-state index contributed by atoms with van der Waals surface area (Å²) in [6.45, 7) is 0.493. The fraction of sp³-hybridized carbons (Fsp3) is 0.160. The molecule has 0 aliphatic carbocycles. The van der Waals surface area contributed by atoms with Gasteiger partial charge in [-0.05, 0) is 29.3 Å². The van der Waals surface area contributed by atoms with Crippen molar-refractivity contribution in [3.05, 3.63) is 90.1 Å². The van der Waals surface area contributed by atoms with Crippen molar-refractivity contribution in [3.8, 4) is 11.1 Å². The third-order valence-electron chi connectivity index (χ3n) is 5.23. The normalized spacial score (nSPS) is 11.9. The average Bonchev–Trinajstić information content (AvgIpc) is 3.14. The van der Waals surface area contributed by atoms with E-state index in [4.69, 9.17) is 4.55 Å². The van der Waals surface area contributed by atoms with Crippen molar-refractivity contribution in [2.45, 2.75) is 13.0 Å². The zero-order valence-corrected chi connectivity index (χ0v) is 19.4. The molecule has 1 N–H and O–H groups in total. The minimum Gasteiger partial charge on any atom is -0.351 e. The highest BCUT2D eigenvalue weighted by molar-refractivity contribution is 7.85. The number of benzene rings is 3. The van der Waals surface area contributed by atoms with Crippen molar-refractivity contribution in [1.29, 1.82) is 0 Å². The molecule has 0 spiro atoms. The number of aryl methyl sites for hydroxylation is 1. The molecule has 0 saturated carbocycles. The molecule has 0 unspecified atom stereocenters. The summed E-state index contributed by atoms with van der Waals surface area (Å²) >= 11 is 1.66. The van der Waals surface area contributed by atoms with Gasteiger partial charge in [-0.1, -0.05) is 65.9 Å². The fourth-order valence-corrected chi connectivity index (χ4v) is 5.15. The maximum absolute atomic E-state index is 11.2. The standard InChI is InChI=1S/C25H24N2O3S2/c1-26(22-11-6-3-7-12-22)17-15-25-27(16-8-18-32(28,29)30)23-19-21(13-14-24(23)31-25)20-9-4-2-5-10-20/h2-7,9-15,17,19H,8,16,18H2,1H3/p+1. The van der Waals surface area contributed by atoms with Crippen LogP contribution in [0.25, 0.3) is 27.4 Å². The number of nitrogens with zero attached hydrogens (tertiary/aromatic N) is 2. The molecule has 4 rings (SSSR count). The van der Waals surface area contributed by atoms with Gasteiger partial charge in [0, 0.05) is 37.5 Å². The monoisotopic (exact) mass is 465 g/mol. The van der Waals surface area contributed by atoms with Crippen LogP contribution in [0.3, 0.4) is 0 Å². The van der Waals surface area contributed by atoms with Crippen molar-refractivity contribution in [2.75, 3.05) is 17.7 Å². The quantitative estimate of drug-likeness (QED) is 0.286. The molecule has 0 fully saturated rings. The first-order chi connectivity index (χ1) is 15.4. The molecule has 0 radical (unpaired) electrons. The van der Waals surface area contributed by atoms with Gasteiger partial charge in [0.15, 0.2) is 6.54 Å². The number of fused-ring (bicyclic) bond motifs is 1. The first-order valence-electron chi connectivity index (χ1n) is 10.3. The average molecular weight is 466 g/mol. The van der Waals surface area contributed by atoms with E-state index in [2.05, 4.69) is 34.9 Å². The Kier molecular flexibility index (Phi) is 6.69. The van der Waals surface area contributed by atoms with Crippen molar-refractivity contribution in [1.82, 2.24) is 0 Å². The summed E-state index contributed by atoms with van der Waals surface area (Å²) in [4.78, 5) is 2.04. The Morgan fingerprint density at radius 3 is 2.34 bits per heavy atom. The maximum atomic E-state index is 11.2. The maximum Gasteiger partial charge on any atom is 0.265 e. The first kappa shape index (κ1) is 22.2. The van der Waals surface area contributed by atoms with Crippen LogP contribution in [0.4, 0.5) is 5.69 Å². The zero-order valence-electron chi connectivity index (χ0n) is 17.8. The molecule has 5 nitrogen and oxygen atoms in total. The predicted molar refractivity (Wildman–Crippen MR) is 132 cm³/mol. The third-order valence-corrected chi connectivity index (χ3v) is 7.16. The van der Waals surface area contributed by atoms with E-state index in [1.165, 1.54) is 0 Å². The number of para-hydroxylation sites is 1. The van der Waals surface area contributed by atoms with Gasteiger partial charge in [-0.15, -0.1) is 0 Å². The predicted octanol–water partition coefficient (Wildman–Crippen LogP) is 5.24. The van der Waals surface area contributed by atoms with Gasteiger partial charge in [0.25, 0.3) is 15.1 Å². The number of hydrogen-bond donors (Lipinski definition) is 1. The molecule has 164 valence electrons. The third kappa shape index (κ3) is 5.43. The van der Waals surface area contributed by atoms with Crippen LogP contribution >= 0.6 is 11.3 Å². The van der Waals surface area contributed by atoms with Gasteiger partial charge >= 0.3 is 0 Å². The molecule has 0 aliphatic heterocycles. The van der Waals surface area contributed by atoms with Gasteiger partial charge in [-0.25, -0.2) is 0 Å². The van der Waals surface area contributed by atoms with Crippen molar-refractivity contribution >= 4 is 43.4 Å². The van der Waals surface area contributed by atoms with Crippen LogP contribution in [0.2, 0.25) is 0 Å². The van der Waals surface area contributed by atoms with E-state index in [9.17, 15) is 8.42 Å². The van der Waals surface area contributed by atoms with Crippen molar-refractivity contribution in [3.63, 3.8) is 0 Å². The van der Waals surface area contributed by atoms with Gasteiger partial charge in [-0.3, -0.25) is 4.55 Å². The second-order valence-corrected chi connectivity index (χ2v) is 10.2. The molecule has 0 amide bonds. The number of hydrogen-bond acceptors (Lipinski definition) is 4. The lowest BCUT2D eigenvalue weighted by Crippen LogP contribution is -2.36. The van der Waals surface area contributed by atoms with Gasteiger partial charge in [0.2, 0.25) is 5.52 Å². The number of rotatable bonds is 8. The molecule has 3 aromatic carbocycles. The van der Waals surface area contributed by atoms with Crippen molar-refractivity contribution in [2.24, 2.45) is 0 Å². The summed E-state index contributed by atoms with van der Waals surface area (Å²) in [5.74, 6) is -0.261. The Hall–Kier alpha value is -3.00. The minimum absolute atomic E-state index is 0.261. The van der Waals surface area contributed by atoms with Gasteiger partial charge in [0.05, 0.1) is 5.75 Å². The van der Waals surface area contributed by atoms with Crippen molar-refractivity contribution < 1.29 is 17.5 Å². The fourth-order valence-electron chi connectivity index (χ4n) is 3.60. The molecule has 0 aliphatic rings. The Bertz CT molecular complexity index is 1330.